The van der Waals surface area contributed by atoms with Crippen LogP contribution in [0.15, 0.2) is 71.9 Å². The van der Waals surface area contributed by atoms with E-state index in [1.54, 1.807) is 12.1 Å². The third-order valence-corrected chi connectivity index (χ3v) is 6.41. The molecule has 4 aromatic rings. The fourth-order valence-electron chi connectivity index (χ4n) is 3.25. The molecule has 0 unspecified atom stereocenters. The normalized spacial score (nSPS) is 10.8. The maximum absolute atomic E-state index is 13.2. The van der Waals surface area contributed by atoms with Gasteiger partial charge in [-0.3, -0.25) is 19.5 Å². The fourth-order valence-corrected chi connectivity index (χ4v) is 4.36. The number of rotatable bonds is 8. The van der Waals surface area contributed by atoms with Crippen LogP contribution in [-0.2, 0) is 12.3 Å². The van der Waals surface area contributed by atoms with Crippen molar-refractivity contribution in [3.8, 4) is 5.69 Å². The average Bonchev–Trinajstić information content (AvgIpc) is 3.25. The Labute approximate surface area is 209 Å². The summed E-state index contributed by atoms with van der Waals surface area (Å²) >= 11 is 7.26. The number of aryl methyl sites for hydroxylation is 1. The minimum Gasteiger partial charge on any atom is -0.345 e. The standard InChI is InChI=1S/C24H19ClFN5O3S/c1-15-2-9-19(10-3-15)30-22(28-29-24(30)35-14-16-4-7-18(26)8-5-16)13-27-23(32)17-6-11-20(25)21(12-17)31(33)34/h2-12H,13-14H2,1H3,(H,27,32). The number of nitro benzene ring substituents is 1. The minimum absolute atomic E-state index is 0.0350. The van der Waals surface area contributed by atoms with E-state index >= 15 is 0 Å². The van der Waals surface area contributed by atoms with Crippen LogP contribution in [-0.4, -0.2) is 25.6 Å². The second-order valence-corrected chi connectivity index (χ2v) is 8.94. The SMILES string of the molecule is Cc1ccc(-n2c(CNC(=O)c3ccc(Cl)c([N+](=O)[O-])c3)nnc2SCc2ccc(F)cc2)cc1. The van der Waals surface area contributed by atoms with Crippen molar-refractivity contribution in [2.75, 3.05) is 0 Å². The van der Waals surface area contributed by atoms with Crippen LogP contribution in [0, 0.1) is 22.9 Å². The van der Waals surface area contributed by atoms with Gasteiger partial charge in [-0.1, -0.05) is 53.2 Å². The molecule has 0 aliphatic heterocycles. The molecule has 0 bridgehead atoms. The number of nitrogens with one attached hydrogen (secondary N) is 1. The Morgan fingerprint density at radius 2 is 1.83 bits per heavy atom. The molecule has 35 heavy (non-hydrogen) atoms. The van der Waals surface area contributed by atoms with Crippen LogP contribution >= 0.6 is 23.4 Å². The van der Waals surface area contributed by atoms with Crippen molar-refractivity contribution in [3.63, 3.8) is 0 Å². The molecular weight excluding hydrogens is 493 g/mol. The van der Waals surface area contributed by atoms with Gasteiger partial charge in [0.25, 0.3) is 11.6 Å². The molecule has 0 aliphatic rings. The first-order valence-electron chi connectivity index (χ1n) is 10.4. The van der Waals surface area contributed by atoms with Gasteiger partial charge in [0.1, 0.15) is 10.8 Å². The molecule has 0 atom stereocenters. The predicted molar refractivity (Wildman–Crippen MR) is 131 cm³/mol. The topological polar surface area (TPSA) is 103 Å². The van der Waals surface area contributed by atoms with Gasteiger partial charge in [0.15, 0.2) is 11.0 Å². The number of carbonyl (C=O) groups is 1. The van der Waals surface area contributed by atoms with Crippen LogP contribution in [0.4, 0.5) is 10.1 Å². The lowest BCUT2D eigenvalue weighted by Gasteiger charge is -2.11. The number of hydrogen-bond acceptors (Lipinski definition) is 6. The molecule has 3 aromatic carbocycles. The molecule has 0 saturated heterocycles. The summed E-state index contributed by atoms with van der Waals surface area (Å²) in [6.07, 6.45) is 0. The Kier molecular flexibility index (Phi) is 7.42. The van der Waals surface area contributed by atoms with Crippen molar-refractivity contribution in [2.24, 2.45) is 0 Å². The van der Waals surface area contributed by atoms with Crippen molar-refractivity contribution in [1.82, 2.24) is 20.1 Å². The van der Waals surface area contributed by atoms with E-state index in [2.05, 4.69) is 15.5 Å². The number of aromatic nitrogens is 3. The van der Waals surface area contributed by atoms with E-state index in [1.165, 1.54) is 36.0 Å². The summed E-state index contributed by atoms with van der Waals surface area (Å²) in [5.74, 6) is 0.215. The van der Waals surface area contributed by atoms with Crippen molar-refractivity contribution in [3.05, 3.63) is 110 Å². The molecule has 0 spiro atoms. The number of carbonyl (C=O) groups excluding carboxylic acids is 1. The molecule has 178 valence electrons. The van der Waals surface area contributed by atoms with E-state index in [4.69, 9.17) is 11.6 Å². The summed E-state index contributed by atoms with van der Waals surface area (Å²) in [5, 5.41) is 23.0. The molecule has 8 nitrogen and oxygen atoms in total. The maximum atomic E-state index is 13.2. The Balaban J connectivity index is 1.56. The number of benzene rings is 3. The quantitative estimate of drug-likeness (QED) is 0.190. The number of halogens is 2. The largest absolute Gasteiger partial charge is 0.345 e. The summed E-state index contributed by atoms with van der Waals surface area (Å²) in [7, 11) is 0. The summed E-state index contributed by atoms with van der Waals surface area (Å²) in [6.45, 7) is 2.01. The zero-order valence-corrected chi connectivity index (χ0v) is 20.0. The smallest absolute Gasteiger partial charge is 0.288 e. The van der Waals surface area contributed by atoms with E-state index in [0.29, 0.717) is 16.7 Å². The van der Waals surface area contributed by atoms with Crippen LogP contribution in [0.3, 0.4) is 0 Å². The Morgan fingerprint density at radius 3 is 2.51 bits per heavy atom. The zero-order chi connectivity index (χ0) is 24.9. The van der Waals surface area contributed by atoms with Gasteiger partial charge in [-0.05, 0) is 48.9 Å². The van der Waals surface area contributed by atoms with Crippen LogP contribution in [0.5, 0.6) is 0 Å². The number of amides is 1. The molecule has 0 aliphatic carbocycles. The summed E-state index contributed by atoms with van der Waals surface area (Å²) < 4.78 is 15.0. The lowest BCUT2D eigenvalue weighted by molar-refractivity contribution is -0.384. The van der Waals surface area contributed by atoms with E-state index in [0.717, 1.165) is 22.9 Å². The Bertz CT molecular complexity index is 1380. The van der Waals surface area contributed by atoms with E-state index in [9.17, 15) is 19.3 Å². The van der Waals surface area contributed by atoms with Crippen molar-refractivity contribution in [1.29, 1.82) is 0 Å². The number of nitro groups is 1. The van der Waals surface area contributed by atoms with Crippen molar-refractivity contribution in [2.45, 2.75) is 24.4 Å². The molecule has 1 heterocycles. The number of nitrogens with zero attached hydrogens (tertiary/aromatic N) is 4. The molecule has 11 heteroatoms. The molecule has 1 aromatic heterocycles. The summed E-state index contributed by atoms with van der Waals surface area (Å²) in [6, 6.07) is 17.9. The second-order valence-electron chi connectivity index (χ2n) is 7.59. The minimum atomic E-state index is -0.641. The van der Waals surface area contributed by atoms with E-state index in [1.807, 2.05) is 35.8 Å². The lowest BCUT2D eigenvalue weighted by Crippen LogP contribution is -2.24. The highest BCUT2D eigenvalue weighted by Crippen LogP contribution is 2.27. The van der Waals surface area contributed by atoms with Crippen LogP contribution in [0.25, 0.3) is 5.69 Å². The lowest BCUT2D eigenvalue weighted by atomic mass is 10.2. The van der Waals surface area contributed by atoms with Gasteiger partial charge in [-0.15, -0.1) is 10.2 Å². The third-order valence-electron chi connectivity index (χ3n) is 5.09. The molecule has 4 rings (SSSR count). The molecular formula is C24H19ClFN5O3S. The average molecular weight is 512 g/mol. The summed E-state index contributed by atoms with van der Waals surface area (Å²) in [4.78, 5) is 23.2. The van der Waals surface area contributed by atoms with Gasteiger partial charge in [0.05, 0.1) is 11.5 Å². The van der Waals surface area contributed by atoms with Gasteiger partial charge in [0.2, 0.25) is 0 Å². The first-order chi connectivity index (χ1) is 16.8. The highest BCUT2D eigenvalue weighted by atomic mass is 35.5. The van der Waals surface area contributed by atoms with Gasteiger partial charge >= 0.3 is 0 Å². The summed E-state index contributed by atoms with van der Waals surface area (Å²) in [5.41, 5.74) is 2.58. The Hall–Kier alpha value is -3.76. The first-order valence-corrected chi connectivity index (χ1v) is 11.8. The number of hydrogen-bond donors (Lipinski definition) is 1. The molecule has 0 fully saturated rings. The highest BCUT2D eigenvalue weighted by Gasteiger charge is 2.19. The van der Waals surface area contributed by atoms with Crippen molar-refractivity contribution >= 4 is 35.0 Å². The van der Waals surface area contributed by atoms with Crippen LogP contribution in [0.2, 0.25) is 5.02 Å². The molecule has 0 radical (unpaired) electrons. The zero-order valence-electron chi connectivity index (χ0n) is 18.4. The van der Waals surface area contributed by atoms with Gasteiger partial charge < -0.3 is 5.32 Å². The van der Waals surface area contributed by atoms with Crippen LogP contribution < -0.4 is 5.32 Å². The van der Waals surface area contributed by atoms with Gasteiger partial charge in [-0.25, -0.2) is 4.39 Å². The monoisotopic (exact) mass is 511 g/mol. The highest BCUT2D eigenvalue weighted by molar-refractivity contribution is 7.98. The van der Waals surface area contributed by atoms with E-state index < -0.39 is 10.8 Å². The van der Waals surface area contributed by atoms with E-state index in [-0.39, 0.29) is 28.6 Å². The van der Waals surface area contributed by atoms with Crippen molar-refractivity contribution < 1.29 is 14.1 Å². The fraction of sp³-hybridized carbons (Fsp3) is 0.125. The van der Waals surface area contributed by atoms with Gasteiger partial charge in [-0.2, -0.15) is 0 Å². The third kappa shape index (κ3) is 5.84. The first kappa shape index (κ1) is 24.4. The van der Waals surface area contributed by atoms with Crippen LogP contribution in [0.1, 0.15) is 27.3 Å². The maximum Gasteiger partial charge on any atom is 0.288 e. The molecule has 0 saturated carbocycles. The second kappa shape index (κ2) is 10.7. The molecule has 1 amide bonds. The Morgan fingerprint density at radius 1 is 1.11 bits per heavy atom. The van der Waals surface area contributed by atoms with Gasteiger partial charge in [0, 0.05) is 23.1 Å². The predicted octanol–water partition coefficient (Wildman–Crippen LogP) is 5.50. The number of thioether (sulfide) groups is 1. The molecule has 1 N–H and O–H groups in total.